The molecule has 1 aliphatic rings. The van der Waals surface area contributed by atoms with Crippen LogP contribution in [0.15, 0.2) is 21.7 Å². The van der Waals surface area contributed by atoms with Crippen LogP contribution in [0.3, 0.4) is 0 Å². The summed E-state index contributed by atoms with van der Waals surface area (Å²) in [6.07, 6.45) is -0.371. The van der Waals surface area contributed by atoms with Crippen molar-refractivity contribution in [3.8, 4) is 0 Å². The molecule has 1 aromatic heterocycles. The van der Waals surface area contributed by atoms with Gasteiger partial charge in [0.05, 0.1) is 6.54 Å². The number of ether oxygens (including phenoxy) is 1. The van der Waals surface area contributed by atoms with Crippen LogP contribution in [0.25, 0.3) is 10.4 Å². The van der Waals surface area contributed by atoms with Gasteiger partial charge in [0.15, 0.2) is 5.76 Å². The molecule has 9 nitrogen and oxygen atoms in total. The van der Waals surface area contributed by atoms with Crippen molar-refractivity contribution in [2.45, 2.75) is 32.9 Å². The fourth-order valence-electron chi connectivity index (χ4n) is 2.25. The molecular weight excluding hydrogens is 314 g/mol. The molecule has 0 unspecified atom stereocenters. The van der Waals surface area contributed by atoms with Gasteiger partial charge in [-0.2, -0.15) is 0 Å². The number of rotatable bonds is 3. The summed E-state index contributed by atoms with van der Waals surface area (Å²) in [6.45, 7) is 7.14. The summed E-state index contributed by atoms with van der Waals surface area (Å²) >= 11 is 0. The summed E-state index contributed by atoms with van der Waals surface area (Å²) in [7, 11) is 0. The molecule has 0 spiro atoms. The Balaban J connectivity index is 1.89. The highest BCUT2D eigenvalue weighted by Gasteiger charge is 2.29. The molecule has 1 fully saturated rings. The minimum atomic E-state index is -0.541. The Hall–Kier alpha value is -2.67. The van der Waals surface area contributed by atoms with Gasteiger partial charge in [-0.15, -0.1) is 0 Å². The van der Waals surface area contributed by atoms with Gasteiger partial charge in [0.25, 0.3) is 5.91 Å². The topological polar surface area (TPSA) is 112 Å². The van der Waals surface area contributed by atoms with Gasteiger partial charge >= 0.3 is 6.09 Å². The highest BCUT2D eigenvalue weighted by molar-refractivity contribution is 5.91. The first-order valence-corrected chi connectivity index (χ1v) is 7.67. The molecule has 2 amide bonds. The Bertz CT molecular complexity index is 649. The van der Waals surface area contributed by atoms with E-state index in [1.54, 1.807) is 21.9 Å². The Morgan fingerprint density at radius 2 is 1.88 bits per heavy atom. The predicted octanol–water partition coefficient (Wildman–Crippen LogP) is 2.78. The molecule has 1 saturated heterocycles. The van der Waals surface area contributed by atoms with Crippen molar-refractivity contribution in [1.29, 1.82) is 0 Å². The van der Waals surface area contributed by atoms with Crippen LogP contribution in [-0.2, 0) is 11.3 Å². The van der Waals surface area contributed by atoms with Crippen molar-refractivity contribution in [2.24, 2.45) is 5.11 Å². The zero-order valence-corrected chi connectivity index (χ0v) is 14.1. The van der Waals surface area contributed by atoms with Crippen molar-refractivity contribution >= 4 is 12.0 Å². The summed E-state index contributed by atoms with van der Waals surface area (Å²) < 4.78 is 10.7. The minimum absolute atomic E-state index is 0.0657. The Labute approximate surface area is 139 Å². The molecular formula is C15H21N5O4. The van der Waals surface area contributed by atoms with Crippen LogP contribution in [0.2, 0.25) is 0 Å². The van der Waals surface area contributed by atoms with Crippen LogP contribution in [0.5, 0.6) is 0 Å². The van der Waals surface area contributed by atoms with Crippen LogP contribution >= 0.6 is 0 Å². The molecule has 0 bridgehead atoms. The average Bonchev–Trinajstić information content (AvgIpc) is 2.99. The van der Waals surface area contributed by atoms with Crippen molar-refractivity contribution < 1.29 is 18.7 Å². The Kier molecular flexibility index (Phi) is 5.35. The summed E-state index contributed by atoms with van der Waals surface area (Å²) in [5.74, 6) is 0.387. The Morgan fingerprint density at radius 1 is 1.25 bits per heavy atom. The number of nitrogens with zero attached hydrogens (tertiary/aromatic N) is 5. The van der Waals surface area contributed by atoms with E-state index in [0.29, 0.717) is 31.9 Å². The first-order valence-electron chi connectivity index (χ1n) is 7.67. The number of hydrogen-bond donors (Lipinski definition) is 0. The average molecular weight is 335 g/mol. The zero-order valence-electron chi connectivity index (χ0n) is 14.1. The van der Waals surface area contributed by atoms with Gasteiger partial charge in [-0.1, -0.05) is 5.11 Å². The van der Waals surface area contributed by atoms with Crippen molar-refractivity contribution in [3.63, 3.8) is 0 Å². The highest BCUT2D eigenvalue weighted by atomic mass is 16.6. The molecule has 0 radical (unpaired) electrons. The van der Waals surface area contributed by atoms with Gasteiger partial charge in [0.2, 0.25) is 0 Å². The maximum atomic E-state index is 12.4. The van der Waals surface area contributed by atoms with Crippen molar-refractivity contribution in [3.05, 3.63) is 34.1 Å². The molecule has 2 heterocycles. The fraction of sp³-hybridized carbons (Fsp3) is 0.600. The lowest BCUT2D eigenvalue weighted by molar-refractivity contribution is 0.0137. The van der Waals surface area contributed by atoms with E-state index in [0.717, 1.165) is 0 Å². The van der Waals surface area contributed by atoms with Crippen molar-refractivity contribution in [1.82, 2.24) is 9.80 Å². The van der Waals surface area contributed by atoms with E-state index in [9.17, 15) is 9.59 Å². The number of furan rings is 1. The largest absolute Gasteiger partial charge is 0.456 e. The fourth-order valence-corrected chi connectivity index (χ4v) is 2.25. The summed E-state index contributed by atoms with van der Waals surface area (Å²) in [5.41, 5.74) is 7.75. The molecule has 24 heavy (non-hydrogen) atoms. The van der Waals surface area contributed by atoms with Crippen molar-refractivity contribution in [2.75, 3.05) is 26.2 Å². The summed E-state index contributed by atoms with van der Waals surface area (Å²) in [4.78, 5) is 30.2. The van der Waals surface area contributed by atoms with E-state index in [-0.39, 0.29) is 24.3 Å². The van der Waals surface area contributed by atoms with Crippen LogP contribution < -0.4 is 0 Å². The first-order chi connectivity index (χ1) is 11.3. The number of azide groups is 1. The lowest BCUT2D eigenvalue weighted by atomic mass is 10.2. The molecule has 0 aromatic carbocycles. The van der Waals surface area contributed by atoms with Gasteiger partial charge in [0.1, 0.15) is 11.4 Å². The summed E-state index contributed by atoms with van der Waals surface area (Å²) in [6, 6.07) is 3.17. The van der Waals surface area contributed by atoms with Gasteiger partial charge in [0, 0.05) is 31.1 Å². The molecule has 130 valence electrons. The van der Waals surface area contributed by atoms with E-state index >= 15 is 0 Å². The molecule has 0 atom stereocenters. The van der Waals surface area contributed by atoms with E-state index in [1.807, 2.05) is 20.8 Å². The third kappa shape index (κ3) is 4.66. The second-order valence-corrected chi connectivity index (χ2v) is 6.41. The standard InChI is InChI=1S/C15H21N5O4/c1-15(2,3)24-14(22)20-8-6-19(7-9-20)13(21)12-5-4-11(23-12)10-17-18-16/h4-5H,6-10H2,1-3H3. The van der Waals surface area contributed by atoms with Gasteiger partial charge in [-0.3, -0.25) is 4.79 Å². The lowest BCUT2D eigenvalue weighted by Crippen LogP contribution is -2.51. The van der Waals surface area contributed by atoms with E-state index in [1.165, 1.54) is 0 Å². The minimum Gasteiger partial charge on any atom is -0.456 e. The highest BCUT2D eigenvalue weighted by Crippen LogP contribution is 2.15. The van der Waals surface area contributed by atoms with Crippen LogP contribution in [-0.4, -0.2) is 53.6 Å². The molecule has 1 aliphatic heterocycles. The second kappa shape index (κ2) is 7.27. The molecule has 2 rings (SSSR count). The monoisotopic (exact) mass is 335 g/mol. The van der Waals surface area contributed by atoms with Crippen LogP contribution in [0.1, 0.15) is 37.1 Å². The molecule has 9 heteroatoms. The maximum absolute atomic E-state index is 12.4. The third-order valence-electron chi connectivity index (χ3n) is 3.38. The molecule has 0 N–H and O–H groups in total. The SMILES string of the molecule is CC(C)(C)OC(=O)N1CCN(C(=O)c2ccc(CN=[N+]=[N-])o2)CC1. The van der Waals surface area contributed by atoms with Crippen LogP contribution in [0, 0.1) is 0 Å². The van der Waals surface area contributed by atoms with Gasteiger partial charge < -0.3 is 19.0 Å². The predicted molar refractivity (Wildman–Crippen MR) is 85.3 cm³/mol. The van der Waals surface area contributed by atoms with Gasteiger partial charge in [-0.05, 0) is 38.4 Å². The smallest absolute Gasteiger partial charge is 0.410 e. The molecule has 0 aliphatic carbocycles. The maximum Gasteiger partial charge on any atom is 0.410 e. The quantitative estimate of drug-likeness (QED) is 0.480. The number of piperazine rings is 1. The molecule has 0 saturated carbocycles. The normalized spacial score (nSPS) is 15.0. The number of carbonyl (C=O) groups excluding carboxylic acids is 2. The Morgan fingerprint density at radius 3 is 2.46 bits per heavy atom. The number of amides is 2. The zero-order chi connectivity index (χ0) is 17.7. The summed E-state index contributed by atoms with van der Waals surface area (Å²) in [5, 5.41) is 3.39. The van der Waals surface area contributed by atoms with E-state index in [4.69, 9.17) is 14.7 Å². The number of carbonyl (C=O) groups is 2. The number of hydrogen-bond acceptors (Lipinski definition) is 5. The van der Waals surface area contributed by atoms with E-state index < -0.39 is 5.60 Å². The first kappa shape index (κ1) is 17.7. The third-order valence-corrected chi connectivity index (χ3v) is 3.38. The lowest BCUT2D eigenvalue weighted by Gasteiger charge is -2.35. The van der Waals surface area contributed by atoms with E-state index in [2.05, 4.69) is 10.0 Å². The van der Waals surface area contributed by atoms with Gasteiger partial charge in [-0.25, -0.2) is 4.79 Å². The molecule has 1 aromatic rings. The second-order valence-electron chi connectivity index (χ2n) is 6.41. The van der Waals surface area contributed by atoms with Crippen LogP contribution in [0.4, 0.5) is 4.79 Å².